The Kier molecular flexibility index (Phi) is 137. The van der Waals surface area contributed by atoms with E-state index in [0.29, 0.717) is 39.3 Å². The number of hydrogen-bond acceptors (Lipinski definition) is 6. The second kappa shape index (κ2) is 57.2. The van der Waals surface area contributed by atoms with E-state index in [1.807, 2.05) is 0 Å². The molecule has 0 saturated carbocycles. The molecule has 0 aromatic heterocycles. The van der Waals surface area contributed by atoms with Crippen LogP contribution in [0.25, 0.3) is 0 Å². The van der Waals surface area contributed by atoms with Crippen LogP contribution < -0.4 is 82.4 Å². The van der Waals surface area contributed by atoms with Gasteiger partial charge < -0.3 is 82.4 Å². The van der Waals surface area contributed by atoms with E-state index in [1.54, 1.807) is 0 Å². The first-order chi connectivity index (χ1) is 5.74. The summed E-state index contributed by atoms with van der Waals surface area (Å²) in [4.78, 5) is 0. The summed E-state index contributed by atoms with van der Waals surface area (Å²) < 4.78 is 0. The van der Waals surface area contributed by atoms with Crippen molar-refractivity contribution in [3.63, 3.8) is 0 Å². The van der Waals surface area contributed by atoms with Crippen LogP contribution in [0.5, 0.6) is 0 Å². The molecule has 0 fully saturated rings. The van der Waals surface area contributed by atoms with Crippen LogP contribution >= 0.6 is 0 Å². The molecule has 0 aliphatic carbocycles. The second-order valence-corrected chi connectivity index (χ2v) is 1.73. The zero-order valence-electron chi connectivity index (χ0n) is 8.78. The van der Waals surface area contributed by atoms with Crippen LogP contribution in [0, 0.1) is 0 Å². The number of hydrogen-bond donors (Lipinski definition) is 6. The minimum absolute atomic E-state index is 0. The first-order valence-corrected chi connectivity index (χ1v) is 3.95. The van der Waals surface area contributed by atoms with Crippen molar-refractivity contribution in [1.82, 2.24) is 0 Å². The normalized spacial score (nSPS) is 6.00. The van der Waals surface area contributed by atoms with Crippen LogP contribution in [0.15, 0.2) is 0 Å². The van der Waals surface area contributed by atoms with E-state index < -0.39 is 0 Å². The molecule has 12 N–H and O–H groups in total. The molecule has 0 bridgehead atoms. The van der Waals surface area contributed by atoms with Crippen molar-refractivity contribution in [2.75, 3.05) is 39.3 Å². The molecule has 0 spiro atoms. The van der Waals surface area contributed by atoms with Gasteiger partial charge in [0.2, 0.25) is 0 Å². The summed E-state index contributed by atoms with van der Waals surface area (Å²) in [6, 6.07) is 0. The quantitative estimate of drug-likeness (QED) is 0.170. The number of rotatable bonds is 3. The SMILES string of the molecule is NCCN.NCCN.NCCN.[I-].[I-].[Ni+2]. The smallest absolute Gasteiger partial charge is 1.00 e. The summed E-state index contributed by atoms with van der Waals surface area (Å²) in [5.74, 6) is 0. The summed E-state index contributed by atoms with van der Waals surface area (Å²) in [5.41, 5.74) is 29.4. The molecular weight excluding hydrogens is 469 g/mol. The molecule has 102 valence electrons. The third kappa shape index (κ3) is 133. The molecule has 0 aromatic carbocycles. The summed E-state index contributed by atoms with van der Waals surface area (Å²) in [7, 11) is 0. The van der Waals surface area contributed by atoms with E-state index in [2.05, 4.69) is 0 Å². The Morgan fingerprint density at radius 3 is 0.467 bits per heavy atom. The van der Waals surface area contributed by atoms with E-state index in [0.717, 1.165) is 0 Å². The van der Waals surface area contributed by atoms with Crippen LogP contribution in [0.1, 0.15) is 0 Å². The Hall–Kier alpha value is 1.71. The molecule has 0 saturated heterocycles. The van der Waals surface area contributed by atoms with Gasteiger partial charge in [-0.3, -0.25) is 0 Å². The fourth-order valence-electron chi connectivity index (χ4n) is 0. The molecule has 0 unspecified atom stereocenters. The maximum absolute atomic E-state index is 4.90. The van der Waals surface area contributed by atoms with Gasteiger partial charge in [0, 0.05) is 39.3 Å². The molecule has 0 atom stereocenters. The topological polar surface area (TPSA) is 156 Å². The largest absolute Gasteiger partial charge is 2.00 e. The maximum atomic E-state index is 4.90. The molecule has 0 aromatic rings. The van der Waals surface area contributed by atoms with Gasteiger partial charge in [-0.25, -0.2) is 0 Å². The summed E-state index contributed by atoms with van der Waals surface area (Å²) in [6.45, 7) is 3.58. The fraction of sp³-hybridized carbons (Fsp3) is 1.00. The predicted octanol–water partition coefficient (Wildman–Crippen LogP) is -9.28. The molecule has 0 aliphatic rings. The van der Waals surface area contributed by atoms with Crippen LogP contribution in [-0.2, 0) is 16.5 Å². The zero-order valence-corrected chi connectivity index (χ0v) is 14.1. The van der Waals surface area contributed by atoms with Crippen LogP contribution in [0.4, 0.5) is 0 Å². The van der Waals surface area contributed by atoms with E-state index in [1.165, 1.54) is 0 Å². The summed E-state index contributed by atoms with van der Waals surface area (Å²) in [6.07, 6.45) is 0. The van der Waals surface area contributed by atoms with Gasteiger partial charge in [-0.15, -0.1) is 0 Å². The van der Waals surface area contributed by atoms with Crippen LogP contribution in [-0.4, -0.2) is 39.3 Å². The van der Waals surface area contributed by atoms with E-state index in [9.17, 15) is 0 Å². The second-order valence-electron chi connectivity index (χ2n) is 1.73. The van der Waals surface area contributed by atoms with Gasteiger partial charge in [0.15, 0.2) is 0 Å². The molecule has 15 heavy (non-hydrogen) atoms. The van der Waals surface area contributed by atoms with Crippen molar-refractivity contribution < 1.29 is 64.4 Å². The van der Waals surface area contributed by atoms with Crippen molar-refractivity contribution in [3.8, 4) is 0 Å². The standard InChI is InChI=1S/3C2H8N2.2HI.Ni/c3*3-1-2-4;;;/h3*1-4H2;2*1H;/q;;;;;+2/p-2. The summed E-state index contributed by atoms with van der Waals surface area (Å²) >= 11 is 0. The Balaban J connectivity index is -0.0000000184. The molecular formula is C6H24I2N6Ni. The minimum atomic E-state index is 0. The zero-order chi connectivity index (χ0) is 10.2. The van der Waals surface area contributed by atoms with Crippen molar-refractivity contribution in [2.24, 2.45) is 34.4 Å². The van der Waals surface area contributed by atoms with Crippen LogP contribution in [0.2, 0.25) is 0 Å². The average Bonchev–Trinajstić information content (AvgIpc) is 2.18. The Labute approximate surface area is 137 Å². The van der Waals surface area contributed by atoms with Crippen molar-refractivity contribution >= 4 is 0 Å². The molecule has 0 heterocycles. The van der Waals surface area contributed by atoms with E-state index >= 15 is 0 Å². The maximum Gasteiger partial charge on any atom is 2.00 e. The predicted molar refractivity (Wildman–Crippen MR) is 54.3 cm³/mol. The van der Waals surface area contributed by atoms with Crippen molar-refractivity contribution in [3.05, 3.63) is 0 Å². The van der Waals surface area contributed by atoms with Gasteiger partial charge >= 0.3 is 16.5 Å². The summed E-state index contributed by atoms with van der Waals surface area (Å²) in [5, 5.41) is 0. The van der Waals surface area contributed by atoms with Gasteiger partial charge in [-0.1, -0.05) is 0 Å². The van der Waals surface area contributed by atoms with Gasteiger partial charge in [-0.2, -0.15) is 0 Å². The van der Waals surface area contributed by atoms with Crippen molar-refractivity contribution in [1.29, 1.82) is 0 Å². The average molecular weight is 493 g/mol. The molecule has 9 heteroatoms. The van der Waals surface area contributed by atoms with E-state index in [4.69, 9.17) is 34.4 Å². The Morgan fingerprint density at radius 1 is 0.400 bits per heavy atom. The molecule has 0 radical (unpaired) electrons. The third-order valence-corrected chi connectivity index (χ3v) is 0.500. The molecule has 0 rings (SSSR count). The van der Waals surface area contributed by atoms with Gasteiger partial charge in [0.25, 0.3) is 0 Å². The van der Waals surface area contributed by atoms with E-state index in [-0.39, 0.29) is 64.4 Å². The first-order valence-electron chi connectivity index (χ1n) is 3.95. The fourth-order valence-corrected chi connectivity index (χ4v) is 0. The van der Waals surface area contributed by atoms with Gasteiger partial charge in [0.1, 0.15) is 0 Å². The number of halogens is 2. The molecule has 0 amide bonds. The Bertz CT molecular complexity index is 41.1. The van der Waals surface area contributed by atoms with Crippen LogP contribution in [0.3, 0.4) is 0 Å². The number of nitrogens with two attached hydrogens (primary N) is 6. The van der Waals surface area contributed by atoms with Gasteiger partial charge in [0.05, 0.1) is 0 Å². The minimum Gasteiger partial charge on any atom is -1.00 e. The molecule has 0 aliphatic heterocycles. The van der Waals surface area contributed by atoms with Crippen molar-refractivity contribution in [2.45, 2.75) is 0 Å². The Morgan fingerprint density at radius 2 is 0.467 bits per heavy atom. The van der Waals surface area contributed by atoms with Gasteiger partial charge in [-0.05, 0) is 0 Å². The monoisotopic (exact) mass is 492 g/mol. The molecule has 6 nitrogen and oxygen atoms in total. The first kappa shape index (κ1) is 36.0. The third-order valence-electron chi connectivity index (χ3n) is 0.500.